The summed E-state index contributed by atoms with van der Waals surface area (Å²) in [5.41, 5.74) is 0. The summed E-state index contributed by atoms with van der Waals surface area (Å²) >= 11 is 0. The van der Waals surface area contributed by atoms with E-state index < -0.39 is 7.26 Å². The van der Waals surface area contributed by atoms with Gasteiger partial charge in [-0.1, -0.05) is 66.7 Å². The first-order chi connectivity index (χ1) is 11.7. The molecule has 0 N–H and O–H groups in total. The number of hydrogen-bond acceptors (Lipinski definition) is 1. The van der Waals surface area contributed by atoms with Gasteiger partial charge in [-0.3, -0.25) is 0 Å². The third-order valence-corrected chi connectivity index (χ3v) is 9.06. The average Bonchev–Trinajstić information content (AvgIpc) is 2.66. The molecule has 0 aliphatic rings. The summed E-state index contributed by atoms with van der Waals surface area (Å²) in [7, 11) is -1.16. The minimum absolute atomic E-state index is 0.0718. The first-order valence-electron chi connectivity index (χ1n) is 8.43. The van der Waals surface area contributed by atoms with Crippen LogP contribution in [-0.2, 0) is 0 Å². The molecule has 0 aromatic heterocycles. The molecule has 2 heteroatoms. The van der Waals surface area contributed by atoms with Gasteiger partial charge in [0.25, 0.3) is 0 Å². The van der Waals surface area contributed by atoms with E-state index >= 15 is 0 Å². The molecule has 0 unspecified atom stereocenters. The van der Waals surface area contributed by atoms with E-state index in [-0.39, 0.29) is 5.75 Å². The lowest BCUT2D eigenvalue weighted by molar-refractivity contribution is -0.268. The molecule has 1 nitrogen and oxygen atoms in total. The van der Waals surface area contributed by atoms with E-state index in [1.807, 2.05) is 6.07 Å². The van der Waals surface area contributed by atoms with Gasteiger partial charge in [-0.25, -0.2) is 0 Å². The van der Waals surface area contributed by atoms with Crippen molar-refractivity contribution in [1.82, 2.24) is 0 Å². The monoisotopic (exact) mass is 336 g/mol. The lowest BCUT2D eigenvalue weighted by Crippen LogP contribution is -2.25. The standard InChI is InChI=1S/C16H20P.C6H6O/c1-3-17(4-2,15-11-7-5-8-12-15)16-13-9-6-10-14-16;7-6-4-2-1-3-5-6/h5-14H,3-4H2,1-2H3;1-5,7H/q+1;/p-1. The Morgan fingerprint density at radius 3 is 1.17 bits per heavy atom. The number of rotatable bonds is 4. The molecule has 0 fully saturated rings. The molecule has 0 heterocycles. The van der Waals surface area contributed by atoms with Crippen LogP contribution in [0.25, 0.3) is 0 Å². The molecule has 124 valence electrons. The predicted molar refractivity (Wildman–Crippen MR) is 106 cm³/mol. The van der Waals surface area contributed by atoms with Crippen LogP contribution >= 0.6 is 7.26 Å². The van der Waals surface area contributed by atoms with E-state index in [1.165, 1.54) is 35.1 Å². The Kier molecular flexibility index (Phi) is 7.03. The van der Waals surface area contributed by atoms with Crippen molar-refractivity contribution in [3.63, 3.8) is 0 Å². The SMILES string of the molecule is CC[P+](CC)(c1ccccc1)c1ccccc1.[O-]c1ccccc1. The fourth-order valence-corrected chi connectivity index (χ4v) is 6.64. The molecular weight excluding hydrogens is 311 g/mol. The largest absolute Gasteiger partial charge is 0.872 e. The normalized spacial score (nSPS) is 10.6. The van der Waals surface area contributed by atoms with Crippen LogP contribution in [0.2, 0.25) is 0 Å². The molecule has 0 amide bonds. The summed E-state index contributed by atoms with van der Waals surface area (Å²) in [6, 6.07) is 30.4. The smallest absolute Gasteiger partial charge is 0.0991 e. The zero-order valence-corrected chi connectivity index (χ0v) is 15.3. The van der Waals surface area contributed by atoms with Crippen molar-refractivity contribution < 1.29 is 5.11 Å². The van der Waals surface area contributed by atoms with E-state index in [9.17, 15) is 5.11 Å². The molecule has 0 aliphatic heterocycles. The maximum Gasteiger partial charge on any atom is 0.0991 e. The van der Waals surface area contributed by atoms with E-state index in [4.69, 9.17) is 0 Å². The maximum absolute atomic E-state index is 10.3. The van der Waals surface area contributed by atoms with E-state index in [2.05, 4.69) is 74.5 Å². The molecule has 0 spiro atoms. The van der Waals surface area contributed by atoms with E-state index in [0.29, 0.717) is 0 Å². The first-order valence-corrected chi connectivity index (χ1v) is 10.6. The average molecular weight is 336 g/mol. The fraction of sp³-hybridized carbons (Fsp3) is 0.182. The molecule has 0 radical (unpaired) electrons. The molecule has 3 aromatic rings. The summed E-state index contributed by atoms with van der Waals surface area (Å²) in [6.07, 6.45) is 2.50. The minimum atomic E-state index is -1.16. The van der Waals surface area contributed by atoms with Crippen molar-refractivity contribution in [2.24, 2.45) is 0 Å². The summed E-state index contributed by atoms with van der Waals surface area (Å²) in [5, 5.41) is 13.3. The minimum Gasteiger partial charge on any atom is -0.872 e. The van der Waals surface area contributed by atoms with Gasteiger partial charge in [0, 0.05) is 0 Å². The Hall–Kier alpha value is -2.11. The second-order valence-electron chi connectivity index (χ2n) is 5.58. The first kappa shape index (κ1) is 18.2. The van der Waals surface area contributed by atoms with Gasteiger partial charge in [0.2, 0.25) is 0 Å². The number of hydrogen-bond donors (Lipinski definition) is 0. The van der Waals surface area contributed by atoms with Crippen molar-refractivity contribution in [2.45, 2.75) is 13.8 Å². The molecule has 3 rings (SSSR count). The fourth-order valence-electron chi connectivity index (χ4n) is 2.95. The van der Waals surface area contributed by atoms with Crippen LogP contribution in [0.3, 0.4) is 0 Å². The summed E-state index contributed by atoms with van der Waals surface area (Å²) in [4.78, 5) is 0. The highest BCUT2D eigenvalue weighted by Crippen LogP contribution is 2.55. The Morgan fingerprint density at radius 2 is 0.917 bits per heavy atom. The zero-order valence-electron chi connectivity index (χ0n) is 14.4. The van der Waals surface area contributed by atoms with Crippen LogP contribution in [0.1, 0.15) is 13.8 Å². The van der Waals surface area contributed by atoms with Crippen molar-refractivity contribution in [3.8, 4) is 5.75 Å². The number of para-hydroxylation sites is 1. The van der Waals surface area contributed by atoms with Crippen LogP contribution < -0.4 is 15.7 Å². The van der Waals surface area contributed by atoms with Gasteiger partial charge in [-0.15, -0.1) is 5.75 Å². The van der Waals surface area contributed by atoms with Gasteiger partial charge in [0.05, 0.1) is 30.2 Å². The zero-order chi connectivity index (χ0) is 17.3. The van der Waals surface area contributed by atoms with Gasteiger partial charge in [0.1, 0.15) is 0 Å². The van der Waals surface area contributed by atoms with Crippen LogP contribution in [0.4, 0.5) is 0 Å². The molecule has 3 aromatic carbocycles. The van der Waals surface area contributed by atoms with Gasteiger partial charge in [-0.05, 0) is 38.1 Å². The lowest BCUT2D eigenvalue weighted by atomic mass is 10.3. The molecule has 0 atom stereocenters. The predicted octanol–water partition coefficient (Wildman–Crippen LogP) is 4.46. The highest BCUT2D eigenvalue weighted by Gasteiger charge is 2.38. The Labute approximate surface area is 146 Å². The summed E-state index contributed by atoms with van der Waals surface area (Å²) < 4.78 is 0. The van der Waals surface area contributed by atoms with Gasteiger partial charge in [-0.2, -0.15) is 0 Å². The van der Waals surface area contributed by atoms with Gasteiger partial charge in [0.15, 0.2) is 0 Å². The van der Waals surface area contributed by atoms with Crippen LogP contribution in [-0.4, -0.2) is 12.3 Å². The topological polar surface area (TPSA) is 23.1 Å². The lowest BCUT2D eigenvalue weighted by Gasteiger charge is -2.24. The second-order valence-corrected chi connectivity index (χ2v) is 9.82. The summed E-state index contributed by atoms with van der Waals surface area (Å²) in [5.74, 6) is 0.0718. The molecule has 0 saturated heterocycles. The van der Waals surface area contributed by atoms with Crippen molar-refractivity contribution in [1.29, 1.82) is 0 Å². The third kappa shape index (κ3) is 4.46. The highest BCUT2D eigenvalue weighted by atomic mass is 31.2. The molecular formula is C22H25OP. The third-order valence-electron chi connectivity index (χ3n) is 4.32. The Bertz CT molecular complexity index is 650. The Morgan fingerprint density at radius 1 is 0.583 bits per heavy atom. The van der Waals surface area contributed by atoms with Crippen LogP contribution in [0, 0.1) is 0 Å². The molecule has 0 aliphatic carbocycles. The van der Waals surface area contributed by atoms with E-state index in [1.54, 1.807) is 12.1 Å². The maximum atomic E-state index is 10.3. The van der Waals surface area contributed by atoms with Crippen molar-refractivity contribution in [2.75, 3.05) is 12.3 Å². The molecule has 24 heavy (non-hydrogen) atoms. The molecule has 0 saturated carbocycles. The van der Waals surface area contributed by atoms with Gasteiger partial charge < -0.3 is 5.11 Å². The molecule has 0 bridgehead atoms. The number of benzene rings is 3. The van der Waals surface area contributed by atoms with Crippen molar-refractivity contribution in [3.05, 3.63) is 91.0 Å². The van der Waals surface area contributed by atoms with E-state index in [0.717, 1.165) is 0 Å². The summed E-state index contributed by atoms with van der Waals surface area (Å²) in [6.45, 7) is 4.66. The Balaban J connectivity index is 0.000000249. The van der Waals surface area contributed by atoms with Crippen LogP contribution in [0.5, 0.6) is 5.75 Å². The van der Waals surface area contributed by atoms with Gasteiger partial charge >= 0.3 is 0 Å². The van der Waals surface area contributed by atoms with Crippen LogP contribution in [0.15, 0.2) is 91.0 Å². The second kappa shape index (κ2) is 9.25. The quantitative estimate of drug-likeness (QED) is 0.645. The highest BCUT2D eigenvalue weighted by molar-refractivity contribution is 7.89. The van der Waals surface area contributed by atoms with Crippen molar-refractivity contribution >= 4 is 17.9 Å².